The predicted molar refractivity (Wildman–Crippen MR) is 83.1 cm³/mol. The third-order valence-corrected chi connectivity index (χ3v) is 3.47. The van der Waals surface area contributed by atoms with Crippen LogP contribution in [0.25, 0.3) is 0 Å². The highest BCUT2D eigenvalue weighted by Crippen LogP contribution is 2.24. The molecular formula is C17H23N3. The van der Waals surface area contributed by atoms with Crippen molar-refractivity contribution in [1.82, 2.24) is 10.4 Å². The molecule has 0 aliphatic carbocycles. The first-order valence-corrected chi connectivity index (χ1v) is 7.07. The number of hydrogen-bond acceptors (Lipinski definition) is 3. The van der Waals surface area contributed by atoms with Crippen LogP contribution in [-0.4, -0.2) is 4.98 Å². The molecule has 20 heavy (non-hydrogen) atoms. The summed E-state index contributed by atoms with van der Waals surface area (Å²) in [6.07, 6.45) is 4.77. The molecule has 0 bridgehead atoms. The van der Waals surface area contributed by atoms with Crippen molar-refractivity contribution in [2.24, 2.45) is 11.8 Å². The zero-order valence-corrected chi connectivity index (χ0v) is 12.4. The van der Waals surface area contributed by atoms with Crippen molar-refractivity contribution >= 4 is 0 Å². The Morgan fingerprint density at radius 3 is 2.70 bits per heavy atom. The molecule has 3 nitrogen and oxygen atoms in total. The van der Waals surface area contributed by atoms with Crippen LogP contribution in [0.2, 0.25) is 0 Å². The zero-order valence-electron chi connectivity index (χ0n) is 12.4. The molecule has 3 heteroatoms. The first-order valence-electron chi connectivity index (χ1n) is 7.07. The summed E-state index contributed by atoms with van der Waals surface area (Å²) in [7, 11) is 0. The smallest absolute Gasteiger partial charge is 0.0713 e. The van der Waals surface area contributed by atoms with E-state index in [1.54, 1.807) is 0 Å². The topological polar surface area (TPSA) is 50.9 Å². The highest BCUT2D eigenvalue weighted by molar-refractivity contribution is 5.36. The van der Waals surface area contributed by atoms with E-state index in [9.17, 15) is 0 Å². The van der Waals surface area contributed by atoms with Gasteiger partial charge in [-0.15, -0.1) is 0 Å². The van der Waals surface area contributed by atoms with Crippen LogP contribution >= 0.6 is 0 Å². The monoisotopic (exact) mass is 269 g/mol. The molecule has 1 unspecified atom stereocenters. The second-order valence-corrected chi connectivity index (χ2v) is 5.67. The number of hydrogen-bond donors (Lipinski definition) is 2. The van der Waals surface area contributed by atoms with Gasteiger partial charge in [0.15, 0.2) is 0 Å². The van der Waals surface area contributed by atoms with E-state index < -0.39 is 0 Å². The van der Waals surface area contributed by atoms with Gasteiger partial charge < -0.3 is 0 Å². The summed E-state index contributed by atoms with van der Waals surface area (Å²) >= 11 is 0. The van der Waals surface area contributed by atoms with Crippen molar-refractivity contribution in [3.05, 3.63) is 65.0 Å². The number of pyridine rings is 1. The highest BCUT2D eigenvalue weighted by atomic mass is 15.2. The van der Waals surface area contributed by atoms with Crippen LogP contribution in [0.3, 0.4) is 0 Å². The van der Waals surface area contributed by atoms with E-state index in [4.69, 9.17) is 5.84 Å². The largest absolute Gasteiger partial charge is 0.271 e. The summed E-state index contributed by atoms with van der Waals surface area (Å²) in [5.74, 6) is 6.44. The van der Waals surface area contributed by atoms with Gasteiger partial charge in [0.05, 0.1) is 6.04 Å². The summed E-state index contributed by atoms with van der Waals surface area (Å²) in [4.78, 5) is 4.14. The number of nitrogens with two attached hydrogens (primary N) is 1. The van der Waals surface area contributed by atoms with Crippen LogP contribution in [0.5, 0.6) is 0 Å². The third-order valence-electron chi connectivity index (χ3n) is 3.47. The molecule has 3 N–H and O–H groups in total. The molecular weight excluding hydrogens is 246 g/mol. The van der Waals surface area contributed by atoms with Gasteiger partial charge in [0.25, 0.3) is 0 Å². The summed E-state index contributed by atoms with van der Waals surface area (Å²) in [6.45, 7) is 6.53. The zero-order chi connectivity index (χ0) is 14.5. The average molecular weight is 269 g/mol. The van der Waals surface area contributed by atoms with E-state index in [1.807, 2.05) is 18.5 Å². The van der Waals surface area contributed by atoms with Gasteiger partial charge in [0, 0.05) is 12.4 Å². The molecule has 106 valence electrons. The Hall–Kier alpha value is -1.71. The maximum atomic E-state index is 5.79. The molecule has 0 radical (unpaired) electrons. The molecule has 1 heterocycles. The average Bonchev–Trinajstić information content (AvgIpc) is 2.41. The van der Waals surface area contributed by atoms with Gasteiger partial charge in [-0.1, -0.05) is 38.1 Å². The van der Waals surface area contributed by atoms with Gasteiger partial charge in [0.1, 0.15) is 0 Å². The van der Waals surface area contributed by atoms with E-state index in [0.29, 0.717) is 5.92 Å². The Morgan fingerprint density at radius 1 is 1.25 bits per heavy atom. The number of hydrazine groups is 1. The molecule has 2 aromatic rings. The summed E-state index contributed by atoms with van der Waals surface area (Å²) in [6, 6.07) is 10.7. The van der Waals surface area contributed by atoms with Crippen LogP contribution in [0.15, 0.2) is 42.7 Å². The van der Waals surface area contributed by atoms with Crippen molar-refractivity contribution in [2.75, 3.05) is 0 Å². The summed E-state index contributed by atoms with van der Waals surface area (Å²) in [5.41, 5.74) is 7.79. The van der Waals surface area contributed by atoms with Gasteiger partial charge in [-0.2, -0.15) is 0 Å². The van der Waals surface area contributed by atoms with E-state index in [1.165, 1.54) is 16.7 Å². The fourth-order valence-electron chi connectivity index (χ4n) is 2.54. The van der Waals surface area contributed by atoms with Crippen LogP contribution in [0.4, 0.5) is 0 Å². The minimum atomic E-state index is 0.00473. The fourth-order valence-corrected chi connectivity index (χ4v) is 2.54. The molecule has 0 spiro atoms. The number of rotatable bonds is 5. The lowest BCUT2D eigenvalue weighted by Gasteiger charge is -2.19. The van der Waals surface area contributed by atoms with Crippen molar-refractivity contribution in [3.63, 3.8) is 0 Å². The van der Waals surface area contributed by atoms with Crippen molar-refractivity contribution in [3.8, 4) is 0 Å². The second kappa shape index (κ2) is 6.64. The minimum absolute atomic E-state index is 0.00473. The Kier molecular flexibility index (Phi) is 4.88. The molecule has 2 rings (SSSR count). The van der Waals surface area contributed by atoms with E-state index in [2.05, 4.69) is 55.4 Å². The molecule has 0 saturated carbocycles. The van der Waals surface area contributed by atoms with Gasteiger partial charge in [0.2, 0.25) is 0 Å². The molecule has 1 aromatic heterocycles. The van der Waals surface area contributed by atoms with Gasteiger partial charge in [-0.05, 0) is 47.6 Å². The van der Waals surface area contributed by atoms with Crippen molar-refractivity contribution in [1.29, 1.82) is 0 Å². The van der Waals surface area contributed by atoms with Crippen LogP contribution in [-0.2, 0) is 6.42 Å². The SMILES string of the molecule is Cc1cnccc1C(NN)c1cccc(CC(C)C)c1. The summed E-state index contributed by atoms with van der Waals surface area (Å²) in [5, 5.41) is 0. The molecule has 1 atom stereocenters. The molecule has 0 aliphatic rings. The standard InChI is InChI=1S/C17H23N3/c1-12(2)9-14-5-4-6-15(10-14)17(20-18)16-7-8-19-11-13(16)3/h4-8,10-12,17,20H,9,18H2,1-3H3. The first kappa shape index (κ1) is 14.7. The minimum Gasteiger partial charge on any atom is -0.271 e. The molecule has 1 aromatic carbocycles. The van der Waals surface area contributed by atoms with Gasteiger partial charge in [-0.25, -0.2) is 5.43 Å². The Labute approximate surface area is 121 Å². The quantitative estimate of drug-likeness (QED) is 0.647. The van der Waals surface area contributed by atoms with E-state index in [0.717, 1.165) is 12.0 Å². The number of nitrogens with one attached hydrogen (secondary N) is 1. The maximum Gasteiger partial charge on any atom is 0.0713 e. The van der Waals surface area contributed by atoms with E-state index >= 15 is 0 Å². The van der Waals surface area contributed by atoms with Crippen LogP contribution in [0.1, 0.15) is 42.1 Å². The van der Waals surface area contributed by atoms with E-state index in [-0.39, 0.29) is 6.04 Å². The lowest BCUT2D eigenvalue weighted by molar-refractivity contribution is 0.625. The molecule has 0 fully saturated rings. The normalized spacial score (nSPS) is 12.7. The Morgan fingerprint density at radius 2 is 2.05 bits per heavy atom. The fraction of sp³-hybridized carbons (Fsp3) is 0.353. The maximum absolute atomic E-state index is 5.79. The number of aryl methyl sites for hydroxylation is 1. The lowest BCUT2D eigenvalue weighted by atomic mass is 9.93. The molecule has 0 amide bonds. The Bertz CT molecular complexity index is 564. The number of benzene rings is 1. The summed E-state index contributed by atoms with van der Waals surface area (Å²) < 4.78 is 0. The Balaban J connectivity index is 2.35. The van der Waals surface area contributed by atoms with Gasteiger partial charge in [-0.3, -0.25) is 10.8 Å². The third kappa shape index (κ3) is 3.44. The highest BCUT2D eigenvalue weighted by Gasteiger charge is 2.15. The predicted octanol–water partition coefficient (Wildman–Crippen LogP) is 3.14. The number of nitrogens with zero attached hydrogens (tertiary/aromatic N) is 1. The molecule has 0 saturated heterocycles. The number of aromatic nitrogens is 1. The van der Waals surface area contributed by atoms with Crippen LogP contribution in [0, 0.1) is 12.8 Å². The molecule has 0 aliphatic heterocycles. The first-order chi connectivity index (χ1) is 9.61. The van der Waals surface area contributed by atoms with Gasteiger partial charge >= 0.3 is 0 Å². The van der Waals surface area contributed by atoms with Crippen molar-refractivity contribution < 1.29 is 0 Å². The second-order valence-electron chi connectivity index (χ2n) is 5.67. The van der Waals surface area contributed by atoms with Crippen LogP contribution < -0.4 is 11.3 Å². The van der Waals surface area contributed by atoms with Crippen molar-refractivity contribution in [2.45, 2.75) is 33.2 Å². The lowest BCUT2D eigenvalue weighted by Crippen LogP contribution is -2.29.